The molecule has 0 bridgehead atoms. The standard InChI is InChI=1S/C9H10BrN5/c1-2-11-8-7(10)9(13-6-12-8)15-5-3-4-14-15/h3-6H,2H2,1H3,(H,11,12,13). The van der Waals surface area contributed by atoms with E-state index >= 15 is 0 Å². The van der Waals surface area contributed by atoms with Crippen LogP contribution >= 0.6 is 15.9 Å². The van der Waals surface area contributed by atoms with E-state index in [1.54, 1.807) is 10.9 Å². The number of anilines is 1. The van der Waals surface area contributed by atoms with Gasteiger partial charge in [0, 0.05) is 18.9 Å². The third-order valence-electron chi connectivity index (χ3n) is 1.84. The quantitative estimate of drug-likeness (QED) is 0.923. The van der Waals surface area contributed by atoms with Gasteiger partial charge in [-0.3, -0.25) is 0 Å². The Morgan fingerprint density at radius 3 is 3.00 bits per heavy atom. The van der Waals surface area contributed by atoms with Gasteiger partial charge in [0.1, 0.15) is 16.6 Å². The molecule has 2 aromatic rings. The summed E-state index contributed by atoms with van der Waals surface area (Å²) in [5, 5.41) is 7.26. The molecule has 1 N–H and O–H groups in total. The molecule has 15 heavy (non-hydrogen) atoms. The molecule has 0 aliphatic heterocycles. The number of nitrogens with zero attached hydrogens (tertiary/aromatic N) is 4. The molecule has 0 aromatic carbocycles. The Kier molecular flexibility index (Phi) is 2.96. The lowest BCUT2D eigenvalue weighted by Crippen LogP contribution is -2.05. The summed E-state index contributed by atoms with van der Waals surface area (Å²) in [6, 6.07) is 1.85. The van der Waals surface area contributed by atoms with Gasteiger partial charge in [-0.15, -0.1) is 0 Å². The lowest BCUT2D eigenvalue weighted by atomic mass is 10.5. The largest absolute Gasteiger partial charge is 0.369 e. The Morgan fingerprint density at radius 1 is 1.47 bits per heavy atom. The highest BCUT2D eigenvalue weighted by Crippen LogP contribution is 2.24. The van der Waals surface area contributed by atoms with Crippen LogP contribution in [0.15, 0.2) is 29.3 Å². The van der Waals surface area contributed by atoms with E-state index in [2.05, 4.69) is 36.3 Å². The molecule has 0 aliphatic rings. The second-order valence-corrected chi connectivity index (χ2v) is 3.63. The zero-order chi connectivity index (χ0) is 10.7. The molecule has 0 atom stereocenters. The molecule has 0 aliphatic carbocycles. The molecule has 2 heterocycles. The Balaban J connectivity index is 2.45. The zero-order valence-electron chi connectivity index (χ0n) is 8.18. The topological polar surface area (TPSA) is 55.6 Å². The highest BCUT2D eigenvalue weighted by atomic mass is 79.9. The molecule has 0 saturated heterocycles. The first-order chi connectivity index (χ1) is 7.33. The maximum atomic E-state index is 4.17. The molecule has 0 amide bonds. The van der Waals surface area contributed by atoms with E-state index in [-0.39, 0.29) is 0 Å². The average molecular weight is 268 g/mol. The number of halogens is 1. The molecule has 2 aromatic heterocycles. The molecular formula is C9H10BrN5. The minimum absolute atomic E-state index is 0.728. The molecule has 0 fully saturated rings. The summed E-state index contributed by atoms with van der Waals surface area (Å²) in [4.78, 5) is 8.29. The SMILES string of the molecule is CCNc1ncnc(-n2cccn2)c1Br. The van der Waals surface area contributed by atoms with Crippen LogP contribution in [-0.4, -0.2) is 26.3 Å². The smallest absolute Gasteiger partial charge is 0.173 e. The van der Waals surface area contributed by atoms with Crippen LogP contribution < -0.4 is 5.32 Å². The monoisotopic (exact) mass is 267 g/mol. The maximum Gasteiger partial charge on any atom is 0.173 e. The van der Waals surface area contributed by atoms with Crippen LogP contribution in [0.5, 0.6) is 0 Å². The van der Waals surface area contributed by atoms with Gasteiger partial charge in [0.15, 0.2) is 5.82 Å². The van der Waals surface area contributed by atoms with Gasteiger partial charge in [0.05, 0.1) is 0 Å². The summed E-state index contributed by atoms with van der Waals surface area (Å²) < 4.78 is 2.50. The lowest BCUT2D eigenvalue weighted by molar-refractivity contribution is 0.833. The zero-order valence-corrected chi connectivity index (χ0v) is 9.77. The van der Waals surface area contributed by atoms with E-state index in [1.807, 2.05) is 19.2 Å². The fourth-order valence-electron chi connectivity index (χ4n) is 1.21. The van der Waals surface area contributed by atoms with Gasteiger partial charge in [-0.2, -0.15) is 5.10 Å². The van der Waals surface area contributed by atoms with Gasteiger partial charge in [-0.1, -0.05) is 0 Å². The van der Waals surface area contributed by atoms with Crippen LogP contribution in [0.2, 0.25) is 0 Å². The predicted octanol–water partition coefficient (Wildman–Crippen LogP) is 1.86. The predicted molar refractivity (Wildman–Crippen MR) is 61.0 cm³/mol. The minimum atomic E-state index is 0.728. The Bertz CT molecular complexity index is 440. The van der Waals surface area contributed by atoms with Crippen molar-refractivity contribution in [2.24, 2.45) is 0 Å². The summed E-state index contributed by atoms with van der Waals surface area (Å²) in [6.07, 6.45) is 5.06. The maximum absolute atomic E-state index is 4.17. The number of aromatic nitrogens is 4. The first-order valence-electron chi connectivity index (χ1n) is 4.57. The van der Waals surface area contributed by atoms with Crippen LogP contribution in [0.25, 0.3) is 5.82 Å². The Morgan fingerprint density at radius 2 is 2.33 bits per heavy atom. The normalized spacial score (nSPS) is 10.3. The van der Waals surface area contributed by atoms with E-state index in [1.165, 1.54) is 6.33 Å². The number of rotatable bonds is 3. The van der Waals surface area contributed by atoms with Gasteiger partial charge in [0.2, 0.25) is 0 Å². The van der Waals surface area contributed by atoms with Crippen LogP contribution in [0, 0.1) is 0 Å². The van der Waals surface area contributed by atoms with Crippen molar-refractivity contribution in [3.63, 3.8) is 0 Å². The van der Waals surface area contributed by atoms with Crippen molar-refractivity contribution >= 4 is 21.7 Å². The number of nitrogens with one attached hydrogen (secondary N) is 1. The van der Waals surface area contributed by atoms with E-state index in [0.29, 0.717) is 0 Å². The lowest BCUT2D eigenvalue weighted by Gasteiger charge is -2.08. The van der Waals surface area contributed by atoms with Crippen molar-refractivity contribution < 1.29 is 0 Å². The van der Waals surface area contributed by atoms with Gasteiger partial charge >= 0.3 is 0 Å². The van der Waals surface area contributed by atoms with Gasteiger partial charge in [-0.05, 0) is 28.9 Å². The molecular weight excluding hydrogens is 258 g/mol. The molecule has 78 valence electrons. The minimum Gasteiger partial charge on any atom is -0.369 e. The summed E-state index contributed by atoms with van der Waals surface area (Å²) in [5.74, 6) is 1.50. The summed E-state index contributed by atoms with van der Waals surface area (Å²) >= 11 is 3.46. The van der Waals surface area contributed by atoms with Gasteiger partial charge in [0.25, 0.3) is 0 Å². The van der Waals surface area contributed by atoms with Gasteiger partial charge < -0.3 is 5.32 Å². The number of hydrogen-bond acceptors (Lipinski definition) is 4. The van der Waals surface area contributed by atoms with Crippen LogP contribution in [0.1, 0.15) is 6.92 Å². The number of hydrogen-bond donors (Lipinski definition) is 1. The molecule has 2 rings (SSSR count). The molecule has 0 saturated carbocycles. The Labute approximate surface area is 95.7 Å². The fraction of sp³-hybridized carbons (Fsp3) is 0.222. The Hall–Kier alpha value is -1.43. The van der Waals surface area contributed by atoms with Crippen molar-refractivity contribution in [2.75, 3.05) is 11.9 Å². The summed E-state index contributed by atoms with van der Waals surface area (Å²) in [7, 11) is 0. The van der Waals surface area contributed by atoms with Crippen molar-refractivity contribution in [3.8, 4) is 5.82 Å². The second kappa shape index (κ2) is 4.39. The van der Waals surface area contributed by atoms with E-state index in [0.717, 1.165) is 22.7 Å². The van der Waals surface area contributed by atoms with E-state index in [9.17, 15) is 0 Å². The van der Waals surface area contributed by atoms with Crippen LogP contribution in [0.3, 0.4) is 0 Å². The third-order valence-corrected chi connectivity index (χ3v) is 2.57. The molecule has 0 spiro atoms. The molecule has 5 nitrogen and oxygen atoms in total. The van der Waals surface area contributed by atoms with Crippen molar-refractivity contribution in [1.29, 1.82) is 0 Å². The highest BCUT2D eigenvalue weighted by Gasteiger charge is 2.09. The molecule has 0 unspecified atom stereocenters. The fourth-order valence-corrected chi connectivity index (χ4v) is 1.73. The van der Waals surface area contributed by atoms with Crippen LogP contribution in [-0.2, 0) is 0 Å². The van der Waals surface area contributed by atoms with E-state index < -0.39 is 0 Å². The van der Waals surface area contributed by atoms with E-state index in [4.69, 9.17) is 0 Å². The average Bonchev–Trinajstić information content (AvgIpc) is 2.74. The molecule has 0 radical (unpaired) electrons. The summed E-state index contributed by atoms with van der Waals surface area (Å²) in [6.45, 7) is 2.83. The summed E-state index contributed by atoms with van der Waals surface area (Å²) in [5.41, 5.74) is 0. The molecule has 6 heteroatoms. The van der Waals surface area contributed by atoms with Crippen molar-refractivity contribution in [2.45, 2.75) is 6.92 Å². The third kappa shape index (κ3) is 1.99. The van der Waals surface area contributed by atoms with Crippen LogP contribution in [0.4, 0.5) is 5.82 Å². The highest BCUT2D eigenvalue weighted by molar-refractivity contribution is 9.10. The first kappa shape index (κ1) is 10.1. The first-order valence-corrected chi connectivity index (χ1v) is 5.36. The second-order valence-electron chi connectivity index (χ2n) is 2.84. The van der Waals surface area contributed by atoms with Crippen molar-refractivity contribution in [3.05, 3.63) is 29.3 Å². The van der Waals surface area contributed by atoms with Gasteiger partial charge in [-0.25, -0.2) is 14.6 Å². The van der Waals surface area contributed by atoms with Crippen molar-refractivity contribution in [1.82, 2.24) is 19.7 Å².